The number of carbonyl (C=O) groups excluding carboxylic acids is 2. The highest BCUT2D eigenvalue weighted by Gasteiger charge is 2.09. The molecule has 0 saturated carbocycles. The van der Waals surface area contributed by atoms with Crippen molar-refractivity contribution in [3.05, 3.63) is 23.2 Å². The number of hydrogen-bond acceptors (Lipinski definition) is 4. The minimum Gasteiger partial charge on any atom is -0.548 e. The van der Waals surface area contributed by atoms with Crippen LogP contribution in [-0.4, -0.2) is 25.2 Å². The van der Waals surface area contributed by atoms with Crippen LogP contribution in [0.5, 0.6) is 5.75 Å². The van der Waals surface area contributed by atoms with Crippen LogP contribution in [-0.2, 0) is 4.79 Å². The monoisotopic (exact) mass is 271 g/mol. The Morgan fingerprint density at radius 2 is 2.11 bits per heavy atom. The normalized spacial score (nSPS) is 11.5. The third-order valence-electron chi connectivity index (χ3n) is 2.11. The molecule has 2 N–H and O–H groups in total. The molecule has 0 aliphatic heterocycles. The Bertz CT molecular complexity index is 464. The van der Waals surface area contributed by atoms with Gasteiger partial charge in [0.15, 0.2) is 0 Å². The molecule has 0 spiro atoms. The van der Waals surface area contributed by atoms with E-state index in [2.05, 4.69) is 10.6 Å². The molecule has 0 saturated heterocycles. The second-order valence-corrected chi connectivity index (χ2v) is 3.90. The van der Waals surface area contributed by atoms with E-state index < -0.39 is 18.0 Å². The molecule has 98 valence electrons. The van der Waals surface area contributed by atoms with E-state index in [1.54, 1.807) is 12.1 Å². The van der Waals surface area contributed by atoms with Crippen molar-refractivity contribution in [2.24, 2.45) is 0 Å². The van der Waals surface area contributed by atoms with Crippen molar-refractivity contribution in [1.29, 1.82) is 0 Å². The molecule has 0 heterocycles. The third-order valence-corrected chi connectivity index (χ3v) is 2.41. The zero-order valence-corrected chi connectivity index (χ0v) is 10.6. The largest absolute Gasteiger partial charge is 0.548 e. The van der Waals surface area contributed by atoms with Crippen LogP contribution >= 0.6 is 11.6 Å². The Labute approximate surface area is 109 Å². The number of carbonyl (C=O) groups is 2. The van der Waals surface area contributed by atoms with Crippen LogP contribution in [0.15, 0.2) is 18.2 Å². The Hall–Kier alpha value is -1.95. The van der Waals surface area contributed by atoms with Gasteiger partial charge in [0.1, 0.15) is 5.75 Å². The van der Waals surface area contributed by atoms with E-state index in [1.165, 1.54) is 20.1 Å². The Kier molecular flexibility index (Phi) is 4.79. The first kappa shape index (κ1) is 14.1. The van der Waals surface area contributed by atoms with Crippen LogP contribution in [0.2, 0.25) is 5.02 Å². The smallest absolute Gasteiger partial charge is 0.319 e. The SMILES string of the molecule is COc1ccc(NC(=O)N[C@@H](C)C(=O)[O-])cc1Cl. The molecular formula is C11H12ClN2O4-. The number of ether oxygens (including phenoxy) is 1. The molecule has 0 aliphatic carbocycles. The molecule has 0 unspecified atom stereocenters. The Morgan fingerprint density at radius 1 is 1.44 bits per heavy atom. The van der Waals surface area contributed by atoms with E-state index in [1.807, 2.05) is 0 Å². The summed E-state index contributed by atoms with van der Waals surface area (Å²) >= 11 is 5.87. The first-order valence-electron chi connectivity index (χ1n) is 5.06. The minimum atomic E-state index is -1.36. The van der Waals surface area contributed by atoms with Gasteiger partial charge < -0.3 is 25.3 Å². The van der Waals surface area contributed by atoms with Crippen molar-refractivity contribution in [1.82, 2.24) is 5.32 Å². The van der Waals surface area contributed by atoms with Crippen LogP contribution < -0.4 is 20.5 Å². The molecule has 0 fully saturated rings. The number of benzene rings is 1. The van der Waals surface area contributed by atoms with E-state index in [0.717, 1.165) is 0 Å². The second kappa shape index (κ2) is 6.11. The first-order valence-corrected chi connectivity index (χ1v) is 5.43. The van der Waals surface area contributed by atoms with Crippen molar-refractivity contribution in [2.75, 3.05) is 12.4 Å². The standard InChI is InChI=1S/C11H13ClN2O4/c1-6(10(15)16)13-11(17)14-7-3-4-9(18-2)8(12)5-7/h3-6H,1-2H3,(H,15,16)(H2,13,14,17)/p-1/t6-/m0/s1. The number of carboxylic acid groups (broad SMARTS) is 1. The Morgan fingerprint density at radius 3 is 2.61 bits per heavy atom. The highest BCUT2D eigenvalue weighted by Crippen LogP contribution is 2.27. The molecule has 0 radical (unpaired) electrons. The molecule has 1 atom stereocenters. The van der Waals surface area contributed by atoms with E-state index in [9.17, 15) is 14.7 Å². The summed E-state index contributed by atoms with van der Waals surface area (Å²) in [6, 6.07) is 2.91. The summed E-state index contributed by atoms with van der Waals surface area (Å²) in [7, 11) is 1.47. The number of amides is 2. The number of hydrogen-bond donors (Lipinski definition) is 2. The van der Waals surface area contributed by atoms with Gasteiger partial charge in [-0.05, 0) is 25.1 Å². The zero-order valence-electron chi connectivity index (χ0n) is 9.82. The van der Waals surface area contributed by atoms with Crippen LogP contribution in [0, 0.1) is 0 Å². The van der Waals surface area contributed by atoms with Crippen molar-refractivity contribution >= 4 is 29.3 Å². The lowest BCUT2D eigenvalue weighted by molar-refractivity contribution is -0.307. The molecular weight excluding hydrogens is 260 g/mol. The number of halogens is 1. The highest BCUT2D eigenvalue weighted by molar-refractivity contribution is 6.32. The number of carboxylic acids is 1. The predicted molar refractivity (Wildman–Crippen MR) is 64.6 cm³/mol. The van der Waals surface area contributed by atoms with E-state index in [-0.39, 0.29) is 0 Å². The van der Waals surface area contributed by atoms with E-state index in [0.29, 0.717) is 16.5 Å². The number of urea groups is 1. The van der Waals surface area contributed by atoms with Gasteiger partial charge in [-0.15, -0.1) is 0 Å². The fraction of sp³-hybridized carbons (Fsp3) is 0.273. The van der Waals surface area contributed by atoms with Gasteiger partial charge in [-0.25, -0.2) is 4.79 Å². The molecule has 7 heteroatoms. The molecule has 6 nitrogen and oxygen atoms in total. The lowest BCUT2D eigenvalue weighted by Crippen LogP contribution is -2.47. The van der Waals surface area contributed by atoms with Crippen molar-refractivity contribution in [3.8, 4) is 5.75 Å². The van der Waals surface area contributed by atoms with Crippen molar-refractivity contribution in [3.63, 3.8) is 0 Å². The van der Waals surface area contributed by atoms with Gasteiger partial charge in [-0.3, -0.25) is 0 Å². The van der Waals surface area contributed by atoms with Gasteiger partial charge in [-0.1, -0.05) is 11.6 Å². The molecule has 0 aliphatic rings. The fourth-order valence-electron chi connectivity index (χ4n) is 1.17. The van der Waals surface area contributed by atoms with Crippen LogP contribution in [0.3, 0.4) is 0 Å². The molecule has 1 aromatic rings. The average Bonchev–Trinajstić information content (AvgIpc) is 2.28. The highest BCUT2D eigenvalue weighted by atomic mass is 35.5. The number of rotatable bonds is 4. The van der Waals surface area contributed by atoms with Crippen LogP contribution in [0.4, 0.5) is 10.5 Å². The summed E-state index contributed by atoms with van der Waals surface area (Å²) < 4.78 is 4.95. The maximum absolute atomic E-state index is 11.4. The number of aliphatic carboxylic acids is 1. The van der Waals surface area contributed by atoms with Crippen LogP contribution in [0.25, 0.3) is 0 Å². The van der Waals surface area contributed by atoms with Gasteiger partial charge in [0.25, 0.3) is 0 Å². The molecule has 0 bridgehead atoms. The summed E-state index contributed by atoms with van der Waals surface area (Å²) in [5.74, 6) is -0.886. The maximum atomic E-state index is 11.4. The van der Waals surface area contributed by atoms with Crippen LogP contribution in [0.1, 0.15) is 6.92 Å². The quantitative estimate of drug-likeness (QED) is 0.839. The third kappa shape index (κ3) is 3.81. The molecule has 1 rings (SSSR count). The summed E-state index contributed by atoms with van der Waals surface area (Å²) in [5.41, 5.74) is 0.420. The van der Waals surface area contributed by atoms with E-state index in [4.69, 9.17) is 16.3 Å². The van der Waals surface area contributed by atoms with Crippen molar-refractivity contribution in [2.45, 2.75) is 13.0 Å². The summed E-state index contributed by atoms with van der Waals surface area (Å²) in [4.78, 5) is 21.8. The topological polar surface area (TPSA) is 90.5 Å². The second-order valence-electron chi connectivity index (χ2n) is 3.49. The maximum Gasteiger partial charge on any atom is 0.319 e. The minimum absolute atomic E-state index is 0.336. The molecule has 2 amide bonds. The molecule has 18 heavy (non-hydrogen) atoms. The molecule has 0 aromatic heterocycles. The lowest BCUT2D eigenvalue weighted by atomic mass is 10.3. The Balaban J connectivity index is 2.65. The first-order chi connectivity index (χ1) is 8.43. The van der Waals surface area contributed by atoms with Gasteiger partial charge >= 0.3 is 6.03 Å². The lowest BCUT2D eigenvalue weighted by Gasteiger charge is -2.15. The van der Waals surface area contributed by atoms with Gasteiger partial charge in [0.2, 0.25) is 0 Å². The summed E-state index contributed by atoms with van der Waals surface area (Å²) in [5, 5.41) is 15.4. The van der Waals surface area contributed by atoms with Gasteiger partial charge in [0, 0.05) is 5.69 Å². The zero-order chi connectivity index (χ0) is 13.7. The number of methoxy groups -OCH3 is 1. The van der Waals surface area contributed by atoms with Crippen molar-refractivity contribution < 1.29 is 19.4 Å². The van der Waals surface area contributed by atoms with Gasteiger partial charge in [0.05, 0.1) is 24.1 Å². The molecule has 1 aromatic carbocycles. The fourth-order valence-corrected chi connectivity index (χ4v) is 1.42. The van der Waals surface area contributed by atoms with Gasteiger partial charge in [-0.2, -0.15) is 0 Å². The average molecular weight is 272 g/mol. The number of anilines is 1. The summed E-state index contributed by atoms with van der Waals surface area (Å²) in [6.45, 7) is 1.30. The predicted octanol–water partition coefficient (Wildman–Crippen LogP) is 0.608. The van der Waals surface area contributed by atoms with E-state index >= 15 is 0 Å². The summed E-state index contributed by atoms with van der Waals surface area (Å²) in [6.07, 6.45) is 0. The number of nitrogens with one attached hydrogen (secondary N) is 2.